The van der Waals surface area contributed by atoms with Gasteiger partial charge in [-0.2, -0.15) is 0 Å². The van der Waals surface area contributed by atoms with E-state index in [0.29, 0.717) is 56.3 Å². The summed E-state index contributed by atoms with van der Waals surface area (Å²) in [6, 6.07) is 7.40. The molecule has 2 aliphatic heterocycles. The van der Waals surface area contributed by atoms with Gasteiger partial charge in [0.05, 0.1) is 30.5 Å². The van der Waals surface area contributed by atoms with Crippen molar-refractivity contribution in [3.8, 4) is 5.75 Å². The van der Waals surface area contributed by atoms with Crippen LogP contribution in [-0.4, -0.2) is 71.2 Å². The second-order valence-corrected chi connectivity index (χ2v) is 10.6. The van der Waals surface area contributed by atoms with Crippen molar-refractivity contribution in [1.29, 1.82) is 0 Å². The lowest BCUT2D eigenvalue weighted by Crippen LogP contribution is -2.46. The third-order valence-electron chi connectivity index (χ3n) is 8.03. The van der Waals surface area contributed by atoms with Gasteiger partial charge in [-0.05, 0) is 51.7 Å². The Bertz CT molecular complexity index is 1270. The summed E-state index contributed by atoms with van der Waals surface area (Å²) in [4.78, 5) is 39.0. The molecule has 1 fully saturated rings. The average Bonchev–Trinajstić information content (AvgIpc) is 3.28. The number of anilines is 1. The van der Waals surface area contributed by atoms with Crippen LogP contribution in [0.25, 0.3) is 0 Å². The SMILES string of the molecule is Cc1noc(C)c1CC(=O)N1CCC2(CCCN(c3cnccn3)CCNC(=O)c3ccccc3OC2)CC1. The summed E-state index contributed by atoms with van der Waals surface area (Å²) >= 11 is 0. The molecular weight excluding hydrogens is 496 g/mol. The van der Waals surface area contributed by atoms with Gasteiger partial charge in [-0.15, -0.1) is 0 Å². The number of nitrogens with one attached hydrogen (secondary N) is 1. The van der Waals surface area contributed by atoms with E-state index in [1.54, 1.807) is 24.7 Å². The third kappa shape index (κ3) is 6.21. The summed E-state index contributed by atoms with van der Waals surface area (Å²) in [5.41, 5.74) is 2.08. The second kappa shape index (κ2) is 11.8. The standard InChI is InChI=1S/C29H36N6O4/c1-21-24(22(2)39-33-21)18-27(36)35-15-9-29(10-16-35)8-5-14-34(26-19-30-11-12-31-26)17-13-32-28(37)23-6-3-4-7-25(23)38-20-29/h3-4,6-7,11-12,19H,5,8-10,13-18,20H2,1-2H3,(H,32,37). The van der Waals surface area contributed by atoms with E-state index >= 15 is 0 Å². The van der Waals surface area contributed by atoms with Crippen LogP contribution in [0.1, 0.15) is 53.1 Å². The zero-order valence-electron chi connectivity index (χ0n) is 22.7. The fourth-order valence-corrected chi connectivity index (χ4v) is 5.57. The highest BCUT2D eigenvalue weighted by Crippen LogP contribution is 2.38. The first-order chi connectivity index (χ1) is 18.9. The number of likely N-dealkylation sites (tertiary alicyclic amines) is 1. The highest BCUT2D eigenvalue weighted by molar-refractivity contribution is 5.96. The molecule has 2 aliphatic rings. The van der Waals surface area contributed by atoms with Crippen LogP contribution in [0, 0.1) is 19.3 Å². The number of carbonyl (C=O) groups is 2. The lowest BCUT2D eigenvalue weighted by atomic mass is 9.75. The summed E-state index contributed by atoms with van der Waals surface area (Å²) in [7, 11) is 0. The maximum absolute atomic E-state index is 13.1. The molecule has 0 unspecified atom stereocenters. The lowest BCUT2D eigenvalue weighted by molar-refractivity contribution is -0.133. The van der Waals surface area contributed by atoms with E-state index in [0.717, 1.165) is 49.3 Å². The highest BCUT2D eigenvalue weighted by atomic mass is 16.5. The minimum absolute atomic E-state index is 0.0978. The van der Waals surface area contributed by atoms with Gasteiger partial charge >= 0.3 is 0 Å². The number of ether oxygens (including phenoxy) is 1. The minimum atomic E-state index is -0.155. The maximum atomic E-state index is 13.1. The Morgan fingerprint density at radius 2 is 1.90 bits per heavy atom. The molecule has 0 bridgehead atoms. The number of nitrogens with zero attached hydrogens (tertiary/aromatic N) is 5. The summed E-state index contributed by atoms with van der Waals surface area (Å²) < 4.78 is 11.6. The van der Waals surface area contributed by atoms with Crippen LogP contribution in [-0.2, 0) is 11.2 Å². The number of benzene rings is 1. The molecule has 1 saturated heterocycles. The normalized spacial score (nSPS) is 18.3. The van der Waals surface area contributed by atoms with Gasteiger partial charge in [-0.3, -0.25) is 14.6 Å². The van der Waals surface area contributed by atoms with E-state index < -0.39 is 0 Å². The Labute approximate surface area is 228 Å². The predicted octanol–water partition coefficient (Wildman–Crippen LogP) is 3.34. The Kier molecular flexibility index (Phi) is 8.09. The Hall–Kier alpha value is -3.95. The van der Waals surface area contributed by atoms with Gasteiger partial charge in [0.15, 0.2) is 0 Å². The number of piperidine rings is 1. The topological polar surface area (TPSA) is 114 Å². The molecular formula is C29H36N6O4. The zero-order valence-corrected chi connectivity index (χ0v) is 22.7. The zero-order chi connectivity index (χ0) is 27.2. The molecule has 39 heavy (non-hydrogen) atoms. The molecule has 0 atom stereocenters. The number of carbonyl (C=O) groups excluding carboxylic acids is 2. The van der Waals surface area contributed by atoms with E-state index in [9.17, 15) is 9.59 Å². The number of fused-ring (bicyclic) bond motifs is 1. The molecule has 10 heteroatoms. The molecule has 1 aromatic carbocycles. The number of hydrogen-bond acceptors (Lipinski definition) is 8. The first-order valence-corrected chi connectivity index (χ1v) is 13.6. The number of para-hydroxylation sites is 1. The quantitative estimate of drug-likeness (QED) is 0.547. The van der Waals surface area contributed by atoms with Crippen LogP contribution in [0.3, 0.4) is 0 Å². The van der Waals surface area contributed by atoms with E-state index in [4.69, 9.17) is 9.26 Å². The molecule has 2 amide bonds. The second-order valence-electron chi connectivity index (χ2n) is 10.6. The molecule has 4 heterocycles. The molecule has 0 radical (unpaired) electrons. The number of hydrogen-bond donors (Lipinski definition) is 1. The average molecular weight is 533 g/mol. The van der Waals surface area contributed by atoms with E-state index in [1.165, 1.54) is 0 Å². The van der Waals surface area contributed by atoms with Crippen molar-refractivity contribution in [3.05, 3.63) is 65.4 Å². The van der Waals surface area contributed by atoms with Crippen molar-refractivity contribution in [2.75, 3.05) is 44.2 Å². The molecule has 0 saturated carbocycles. The van der Waals surface area contributed by atoms with E-state index in [2.05, 4.69) is 25.3 Å². The predicted molar refractivity (Wildman–Crippen MR) is 146 cm³/mol. The summed E-state index contributed by atoms with van der Waals surface area (Å²) in [6.07, 6.45) is 8.96. The fourth-order valence-electron chi connectivity index (χ4n) is 5.57. The monoisotopic (exact) mass is 532 g/mol. The minimum Gasteiger partial charge on any atom is -0.492 e. The van der Waals surface area contributed by atoms with Crippen LogP contribution >= 0.6 is 0 Å². The first-order valence-electron chi connectivity index (χ1n) is 13.6. The van der Waals surface area contributed by atoms with Crippen LogP contribution in [0.5, 0.6) is 5.75 Å². The molecule has 2 aromatic heterocycles. The number of aryl methyl sites for hydroxylation is 2. The maximum Gasteiger partial charge on any atom is 0.255 e. The van der Waals surface area contributed by atoms with Gasteiger partial charge in [-0.1, -0.05) is 17.3 Å². The lowest BCUT2D eigenvalue weighted by Gasteiger charge is -2.42. The Balaban J connectivity index is 1.32. The number of amides is 2. The van der Waals surface area contributed by atoms with Gasteiger partial charge in [-0.25, -0.2) is 4.98 Å². The number of rotatable bonds is 3. The smallest absolute Gasteiger partial charge is 0.255 e. The third-order valence-corrected chi connectivity index (χ3v) is 8.03. The molecule has 0 aliphatic carbocycles. The molecule has 3 aromatic rings. The summed E-state index contributed by atoms with van der Waals surface area (Å²) in [6.45, 7) is 7.45. The van der Waals surface area contributed by atoms with Crippen LogP contribution in [0.4, 0.5) is 5.82 Å². The summed E-state index contributed by atoms with van der Waals surface area (Å²) in [5, 5.41) is 7.02. The van der Waals surface area contributed by atoms with Gasteiger partial charge < -0.3 is 24.4 Å². The van der Waals surface area contributed by atoms with Gasteiger partial charge in [0, 0.05) is 56.1 Å². The Morgan fingerprint density at radius 3 is 2.64 bits per heavy atom. The van der Waals surface area contributed by atoms with Crippen LogP contribution < -0.4 is 15.0 Å². The first kappa shape index (κ1) is 26.6. The highest BCUT2D eigenvalue weighted by Gasteiger charge is 2.37. The number of aromatic nitrogens is 3. The molecule has 206 valence electrons. The fraction of sp³-hybridized carbons (Fsp3) is 0.483. The molecule has 5 rings (SSSR count). The molecule has 1 N–H and O–H groups in total. The van der Waals surface area contributed by atoms with E-state index in [-0.39, 0.29) is 17.2 Å². The van der Waals surface area contributed by atoms with Gasteiger partial charge in [0.25, 0.3) is 5.91 Å². The van der Waals surface area contributed by atoms with Gasteiger partial charge in [0.2, 0.25) is 5.91 Å². The van der Waals surface area contributed by atoms with Crippen molar-refractivity contribution in [3.63, 3.8) is 0 Å². The van der Waals surface area contributed by atoms with Crippen molar-refractivity contribution < 1.29 is 18.8 Å². The van der Waals surface area contributed by atoms with Crippen molar-refractivity contribution in [1.82, 2.24) is 25.3 Å². The van der Waals surface area contributed by atoms with E-state index in [1.807, 2.05) is 36.9 Å². The molecule has 1 spiro atoms. The van der Waals surface area contributed by atoms with Crippen molar-refractivity contribution in [2.24, 2.45) is 5.41 Å². The van der Waals surface area contributed by atoms with Crippen molar-refractivity contribution >= 4 is 17.6 Å². The summed E-state index contributed by atoms with van der Waals surface area (Å²) in [5.74, 6) is 2.04. The Morgan fingerprint density at radius 1 is 1.08 bits per heavy atom. The van der Waals surface area contributed by atoms with Crippen LogP contribution in [0.15, 0.2) is 47.4 Å². The van der Waals surface area contributed by atoms with Gasteiger partial charge in [0.1, 0.15) is 17.3 Å². The largest absolute Gasteiger partial charge is 0.492 e. The van der Waals surface area contributed by atoms with Crippen molar-refractivity contribution in [2.45, 2.75) is 46.0 Å². The molecule has 10 nitrogen and oxygen atoms in total. The van der Waals surface area contributed by atoms with Crippen LogP contribution in [0.2, 0.25) is 0 Å².